The lowest BCUT2D eigenvalue weighted by atomic mass is 10.0. The topological polar surface area (TPSA) is 101 Å². The van der Waals surface area contributed by atoms with Gasteiger partial charge in [-0.2, -0.15) is 0 Å². The summed E-state index contributed by atoms with van der Waals surface area (Å²) in [5.74, 6) is -2.13. The van der Waals surface area contributed by atoms with E-state index in [4.69, 9.17) is 5.11 Å². The Hall–Kier alpha value is -2.70. The summed E-state index contributed by atoms with van der Waals surface area (Å²) in [5.41, 5.74) is 0.261. The van der Waals surface area contributed by atoms with Crippen LogP contribution in [0.2, 0.25) is 0 Å². The van der Waals surface area contributed by atoms with E-state index in [1.54, 1.807) is 31.2 Å². The van der Waals surface area contributed by atoms with Gasteiger partial charge < -0.3 is 10.4 Å². The fraction of sp³-hybridized carbons (Fsp3) is 0.333. The molecule has 2 rings (SSSR count). The Labute approximate surface area is 126 Å². The smallest absolute Gasteiger partial charge is 0.308 e. The SMILES string of the molecule is CC(NC(=O)Cn1cnc2ccccc2c1=O)C(C)C(=O)O. The Morgan fingerprint density at radius 2 is 2.00 bits per heavy atom. The fourth-order valence-corrected chi connectivity index (χ4v) is 2.01. The first-order chi connectivity index (χ1) is 10.4. The number of aliphatic carboxylic acids is 1. The number of hydrogen-bond donors (Lipinski definition) is 2. The van der Waals surface area contributed by atoms with Gasteiger partial charge in [0.15, 0.2) is 0 Å². The van der Waals surface area contributed by atoms with Gasteiger partial charge >= 0.3 is 5.97 Å². The highest BCUT2D eigenvalue weighted by Gasteiger charge is 2.21. The van der Waals surface area contributed by atoms with Gasteiger partial charge in [0.2, 0.25) is 5.91 Å². The number of aromatic nitrogens is 2. The first-order valence-corrected chi connectivity index (χ1v) is 6.86. The lowest BCUT2D eigenvalue weighted by Gasteiger charge is -2.18. The van der Waals surface area contributed by atoms with E-state index in [-0.39, 0.29) is 12.1 Å². The predicted molar refractivity (Wildman–Crippen MR) is 80.4 cm³/mol. The van der Waals surface area contributed by atoms with Gasteiger partial charge in [0.25, 0.3) is 5.56 Å². The molecule has 7 nitrogen and oxygen atoms in total. The second-order valence-corrected chi connectivity index (χ2v) is 5.18. The first-order valence-electron chi connectivity index (χ1n) is 6.86. The molecule has 0 bridgehead atoms. The van der Waals surface area contributed by atoms with E-state index in [0.717, 1.165) is 0 Å². The number of carbonyl (C=O) groups excluding carboxylic acids is 1. The number of nitrogens with one attached hydrogen (secondary N) is 1. The van der Waals surface area contributed by atoms with Crippen LogP contribution in [0.1, 0.15) is 13.8 Å². The van der Waals surface area contributed by atoms with Crippen molar-refractivity contribution in [3.63, 3.8) is 0 Å². The Morgan fingerprint density at radius 1 is 1.32 bits per heavy atom. The zero-order valence-corrected chi connectivity index (χ0v) is 12.3. The van der Waals surface area contributed by atoms with Crippen LogP contribution in [-0.2, 0) is 16.1 Å². The van der Waals surface area contributed by atoms with Gasteiger partial charge in [-0.15, -0.1) is 0 Å². The molecular formula is C15H17N3O4. The maximum absolute atomic E-state index is 12.2. The molecule has 0 radical (unpaired) electrons. The van der Waals surface area contributed by atoms with E-state index in [1.807, 2.05) is 0 Å². The van der Waals surface area contributed by atoms with Crippen LogP contribution in [0.15, 0.2) is 35.4 Å². The predicted octanol–water partition coefficient (Wildman–Crippen LogP) is 0.622. The van der Waals surface area contributed by atoms with Crippen molar-refractivity contribution in [3.05, 3.63) is 40.9 Å². The third-order valence-corrected chi connectivity index (χ3v) is 3.57. The molecule has 0 aliphatic heterocycles. The molecular weight excluding hydrogens is 286 g/mol. The highest BCUT2D eigenvalue weighted by atomic mass is 16.4. The highest BCUT2D eigenvalue weighted by Crippen LogP contribution is 2.05. The monoisotopic (exact) mass is 303 g/mol. The van der Waals surface area contributed by atoms with Crippen molar-refractivity contribution >= 4 is 22.8 Å². The molecule has 22 heavy (non-hydrogen) atoms. The summed E-state index contributed by atoms with van der Waals surface area (Å²) in [4.78, 5) is 39.2. The van der Waals surface area contributed by atoms with Crippen LogP contribution in [0.3, 0.4) is 0 Å². The minimum Gasteiger partial charge on any atom is -0.481 e. The molecule has 0 saturated heterocycles. The van der Waals surface area contributed by atoms with Gasteiger partial charge in [-0.3, -0.25) is 19.0 Å². The number of para-hydroxylation sites is 1. The molecule has 2 aromatic rings. The quantitative estimate of drug-likeness (QED) is 0.843. The standard InChI is InChI=1S/C15H17N3O4/c1-9(15(21)22)10(2)17-13(19)7-18-8-16-12-6-4-3-5-11(12)14(18)20/h3-6,8-10H,7H2,1-2H3,(H,17,19)(H,21,22). The molecule has 2 atom stereocenters. The number of amides is 1. The van der Waals surface area contributed by atoms with Crippen molar-refractivity contribution in [2.75, 3.05) is 0 Å². The van der Waals surface area contributed by atoms with Gasteiger partial charge in [0, 0.05) is 6.04 Å². The van der Waals surface area contributed by atoms with Crippen molar-refractivity contribution < 1.29 is 14.7 Å². The third-order valence-electron chi connectivity index (χ3n) is 3.57. The second-order valence-electron chi connectivity index (χ2n) is 5.18. The summed E-state index contributed by atoms with van der Waals surface area (Å²) in [7, 11) is 0. The Kier molecular flexibility index (Phi) is 4.55. The molecule has 116 valence electrons. The molecule has 2 N–H and O–H groups in total. The number of carboxylic acid groups (broad SMARTS) is 1. The van der Waals surface area contributed by atoms with Crippen LogP contribution in [0.25, 0.3) is 10.9 Å². The zero-order valence-electron chi connectivity index (χ0n) is 12.3. The van der Waals surface area contributed by atoms with Crippen molar-refractivity contribution in [3.8, 4) is 0 Å². The molecule has 2 unspecified atom stereocenters. The van der Waals surface area contributed by atoms with Crippen LogP contribution >= 0.6 is 0 Å². The van der Waals surface area contributed by atoms with E-state index >= 15 is 0 Å². The summed E-state index contributed by atoms with van der Waals surface area (Å²) in [6.45, 7) is 2.92. The number of carbonyl (C=O) groups is 2. The average Bonchev–Trinajstić information content (AvgIpc) is 2.49. The van der Waals surface area contributed by atoms with Gasteiger partial charge in [-0.25, -0.2) is 4.98 Å². The van der Waals surface area contributed by atoms with Gasteiger partial charge in [0.05, 0.1) is 23.1 Å². The fourth-order valence-electron chi connectivity index (χ4n) is 2.01. The number of fused-ring (bicyclic) bond motifs is 1. The molecule has 1 aromatic carbocycles. The lowest BCUT2D eigenvalue weighted by molar-refractivity contribution is -0.142. The Morgan fingerprint density at radius 3 is 2.68 bits per heavy atom. The summed E-state index contributed by atoms with van der Waals surface area (Å²) in [5, 5.41) is 11.9. The van der Waals surface area contributed by atoms with E-state index in [1.165, 1.54) is 17.8 Å². The van der Waals surface area contributed by atoms with Crippen molar-refractivity contribution in [2.24, 2.45) is 5.92 Å². The average molecular weight is 303 g/mol. The number of carboxylic acids is 1. The molecule has 0 fully saturated rings. The zero-order chi connectivity index (χ0) is 16.3. The highest BCUT2D eigenvalue weighted by molar-refractivity contribution is 5.79. The second kappa shape index (κ2) is 6.38. The van der Waals surface area contributed by atoms with Crippen molar-refractivity contribution in [1.29, 1.82) is 0 Å². The number of rotatable bonds is 5. The van der Waals surface area contributed by atoms with E-state index in [9.17, 15) is 14.4 Å². The van der Waals surface area contributed by atoms with E-state index < -0.39 is 23.8 Å². The van der Waals surface area contributed by atoms with Crippen molar-refractivity contribution in [2.45, 2.75) is 26.4 Å². The summed E-state index contributed by atoms with van der Waals surface area (Å²) < 4.78 is 1.20. The van der Waals surface area contributed by atoms with E-state index in [0.29, 0.717) is 10.9 Å². The third kappa shape index (κ3) is 3.30. The summed E-state index contributed by atoms with van der Waals surface area (Å²) >= 11 is 0. The maximum Gasteiger partial charge on any atom is 0.308 e. The lowest BCUT2D eigenvalue weighted by Crippen LogP contribution is -2.42. The first kappa shape index (κ1) is 15.7. The number of hydrogen-bond acceptors (Lipinski definition) is 4. The Bertz CT molecular complexity index is 769. The molecule has 0 spiro atoms. The molecule has 0 saturated carbocycles. The van der Waals surface area contributed by atoms with Crippen LogP contribution in [0.4, 0.5) is 0 Å². The summed E-state index contributed by atoms with van der Waals surface area (Å²) in [6.07, 6.45) is 1.32. The Balaban J connectivity index is 2.14. The number of benzene rings is 1. The molecule has 0 aliphatic carbocycles. The minimum atomic E-state index is -0.989. The van der Waals surface area contributed by atoms with Crippen molar-refractivity contribution in [1.82, 2.24) is 14.9 Å². The summed E-state index contributed by atoms with van der Waals surface area (Å²) in [6, 6.07) is 6.34. The van der Waals surface area contributed by atoms with Gasteiger partial charge in [0.1, 0.15) is 6.54 Å². The molecule has 1 aromatic heterocycles. The van der Waals surface area contributed by atoms with Gasteiger partial charge in [-0.05, 0) is 26.0 Å². The van der Waals surface area contributed by atoms with Crippen LogP contribution in [-0.4, -0.2) is 32.6 Å². The van der Waals surface area contributed by atoms with E-state index in [2.05, 4.69) is 10.3 Å². The molecule has 1 heterocycles. The molecule has 1 amide bonds. The minimum absolute atomic E-state index is 0.201. The van der Waals surface area contributed by atoms with Gasteiger partial charge in [-0.1, -0.05) is 12.1 Å². The number of nitrogens with zero attached hydrogens (tertiary/aromatic N) is 2. The van der Waals surface area contributed by atoms with Crippen LogP contribution in [0, 0.1) is 5.92 Å². The molecule has 7 heteroatoms. The van der Waals surface area contributed by atoms with Crippen LogP contribution < -0.4 is 10.9 Å². The molecule has 0 aliphatic rings. The largest absolute Gasteiger partial charge is 0.481 e. The normalized spacial score (nSPS) is 13.5. The van der Waals surface area contributed by atoms with Crippen LogP contribution in [0.5, 0.6) is 0 Å². The maximum atomic E-state index is 12.2.